The molecule has 0 aromatic rings. The number of hydrogen-bond acceptors (Lipinski definition) is 2. The van der Waals surface area contributed by atoms with Gasteiger partial charge in [0.05, 0.1) is 0 Å². The third-order valence-electron chi connectivity index (χ3n) is 4.64. The molecule has 0 amide bonds. The van der Waals surface area contributed by atoms with Gasteiger partial charge in [-0.3, -0.25) is 0 Å². The molecular weight excluding hydrogens is 172 g/mol. The summed E-state index contributed by atoms with van der Waals surface area (Å²) in [6, 6.07) is 0.787. The molecule has 4 aliphatic rings. The monoisotopic (exact) mass is 194 g/mol. The summed E-state index contributed by atoms with van der Waals surface area (Å²) in [6.45, 7) is 3.69. The van der Waals surface area contributed by atoms with Crippen LogP contribution in [0.5, 0.6) is 0 Å². The van der Waals surface area contributed by atoms with Crippen molar-refractivity contribution < 1.29 is 0 Å². The largest absolute Gasteiger partial charge is 0.314 e. The molecule has 0 aromatic carbocycles. The predicted molar refractivity (Wildman–Crippen MR) is 58.2 cm³/mol. The Labute approximate surface area is 86.8 Å². The summed E-state index contributed by atoms with van der Waals surface area (Å²) in [5.41, 5.74) is 0. The first-order chi connectivity index (χ1) is 6.92. The van der Waals surface area contributed by atoms with Gasteiger partial charge in [-0.2, -0.15) is 0 Å². The smallest absolute Gasteiger partial charge is 0.0317 e. The second-order valence-electron chi connectivity index (χ2n) is 5.54. The van der Waals surface area contributed by atoms with Crippen molar-refractivity contribution in [1.82, 2.24) is 10.6 Å². The molecule has 3 saturated carbocycles. The van der Waals surface area contributed by atoms with Crippen LogP contribution in [0.3, 0.4) is 0 Å². The molecule has 2 nitrogen and oxygen atoms in total. The molecule has 2 N–H and O–H groups in total. The molecule has 0 aromatic heterocycles. The first kappa shape index (κ1) is 9.17. The molecule has 1 saturated heterocycles. The van der Waals surface area contributed by atoms with E-state index in [1.165, 1.54) is 51.7 Å². The first-order valence-electron chi connectivity index (χ1n) is 6.36. The number of hydrogen-bond donors (Lipinski definition) is 2. The van der Waals surface area contributed by atoms with Crippen LogP contribution in [0, 0.1) is 17.8 Å². The number of fused-ring (bicyclic) bond motifs is 3. The summed E-state index contributed by atoms with van der Waals surface area (Å²) in [4.78, 5) is 0. The minimum atomic E-state index is 0.787. The van der Waals surface area contributed by atoms with Crippen molar-refractivity contribution in [2.75, 3.05) is 19.6 Å². The zero-order chi connectivity index (χ0) is 9.38. The van der Waals surface area contributed by atoms with E-state index in [1.807, 2.05) is 0 Å². The van der Waals surface area contributed by atoms with Crippen molar-refractivity contribution in [1.29, 1.82) is 0 Å². The fourth-order valence-electron chi connectivity index (χ4n) is 3.52. The minimum Gasteiger partial charge on any atom is -0.314 e. The SMILES string of the molecule is C1CC2CCC1CC2CNC1CNC1. The lowest BCUT2D eigenvalue weighted by Crippen LogP contribution is -2.56. The quantitative estimate of drug-likeness (QED) is 0.709. The standard InChI is InChI=1S/C12H22N2/c1-3-10-4-2-9(1)5-11(10)6-14-12-7-13-8-12/h9-14H,1-8H2. The van der Waals surface area contributed by atoms with Crippen LogP contribution < -0.4 is 10.6 Å². The fourth-order valence-corrected chi connectivity index (χ4v) is 3.52. The van der Waals surface area contributed by atoms with Gasteiger partial charge in [0.25, 0.3) is 0 Å². The third-order valence-corrected chi connectivity index (χ3v) is 4.64. The van der Waals surface area contributed by atoms with Crippen molar-refractivity contribution in [3.63, 3.8) is 0 Å². The highest BCUT2D eigenvalue weighted by atomic mass is 15.1. The molecule has 80 valence electrons. The van der Waals surface area contributed by atoms with E-state index in [-0.39, 0.29) is 0 Å². The molecule has 14 heavy (non-hydrogen) atoms. The Bertz CT molecular complexity index is 192. The van der Waals surface area contributed by atoms with E-state index in [0.29, 0.717) is 0 Å². The highest BCUT2D eigenvalue weighted by molar-refractivity contribution is 4.89. The second kappa shape index (κ2) is 3.82. The van der Waals surface area contributed by atoms with Crippen molar-refractivity contribution in [3.05, 3.63) is 0 Å². The van der Waals surface area contributed by atoms with Gasteiger partial charge in [0.15, 0.2) is 0 Å². The average molecular weight is 194 g/mol. The molecule has 0 spiro atoms. The lowest BCUT2D eigenvalue weighted by molar-refractivity contribution is 0.0941. The molecule has 1 unspecified atom stereocenters. The summed E-state index contributed by atoms with van der Waals surface area (Å²) in [5, 5.41) is 7.03. The van der Waals surface area contributed by atoms with Gasteiger partial charge in [0, 0.05) is 19.1 Å². The fraction of sp³-hybridized carbons (Fsp3) is 1.00. The predicted octanol–water partition coefficient (Wildman–Crippen LogP) is 1.37. The Morgan fingerprint density at radius 3 is 2.36 bits per heavy atom. The van der Waals surface area contributed by atoms with Crippen LogP contribution in [0.25, 0.3) is 0 Å². The molecule has 0 radical (unpaired) electrons. The molecule has 1 atom stereocenters. The van der Waals surface area contributed by atoms with Crippen LogP contribution in [-0.4, -0.2) is 25.7 Å². The van der Waals surface area contributed by atoms with E-state index in [2.05, 4.69) is 10.6 Å². The van der Waals surface area contributed by atoms with Crippen LogP contribution >= 0.6 is 0 Å². The van der Waals surface area contributed by atoms with Gasteiger partial charge in [0.1, 0.15) is 0 Å². The molecule has 3 aliphatic carbocycles. The Balaban J connectivity index is 1.47. The van der Waals surface area contributed by atoms with Crippen molar-refractivity contribution in [3.8, 4) is 0 Å². The van der Waals surface area contributed by atoms with Gasteiger partial charge in [-0.25, -0.2) is 0 Å². The Hall–Kier alpha value is -0.0800. The van der Waals surface area contributed by atoms with E-state index in [4.69, 9.17) is 0 Å². The topological polar surface area (TPSA) is 24.1 Å². The third kappa shape index (κ3) is 1.70. The number of nitrogens with one attached hydrogen (secondary N) is 2. The van der Waals surface area contributed by atoms with E-state index in [0.717, 1.165) is 23.8 Å². The van der Waals surface area contributed by atoms with Gasteiger partial charge in [-0.05, 0) is 43.6 Å². The van der Waals surface area contributed by atoms with Crippen LogP contribution in [0.4, 0.5) is 0 Å². The van der Waals surface area contributed by atoms with Gasteiger partial charge >= 0.3 is 0 Å². The molecule has 4 fully saturated rings. The van der Waals surface area contributed by atoms with Crippen LogP contribution in [0.15, 0.2) is 0 Å². The van der Waals surface area contributed by atoms with E-state index >= 15 is 0 Å². The molecule has 1 heterocycles. The lowest BCUT2D eigenvalue weighted by atomic mass is 9.65. The maximum absolute atomic E-state index is 3.71. The van der Waals surface area contributed by atoms with Gasteiger partial charge in [-0.15, -0.1) is 0 Å². The van der Waals surface area contributed by atoms with E-state index in [1.54, 1.807) is 0 Å². The Morgan fingerprint density at radius 1 is 1.07 bits per heavy atom. The highest BCUT2D eigenvalue weighted by Crippen LogP contribution is 2.44. The van der Waals surface area contributed by atoms with E-state index < -0.39 is 0 Å². The summed E-state index contributed by atoms with van der Waals surface area (Å²) >= 11 is 0. The minimum absolute atomic E-state index is 0.787. The van der Waals surface area contributed by atoms with Gasteiger partial charge in [-0.1, -0.05) is 12.8 Å². The Kier molecular flexibility index (Phi) is 2.50. The Morgan fingerprint density at radius 2 is 1.86 bits per heavy atom. The van der Waals surface area contributed by atoms with Gasteiger partial charge in [0.2, 0.25) is 0 Å². The van der Waals surface area contributed by atoms with E-state index in [9.17, 15) is 0 Å². The zero-order valence-corrected chi connectivity index (χ0v) is 8.97. The summed E-state index contributed by atoms with van der Waals surface area (Å²) in [7, 11) is 0. The maximum Gasteiger partial charge on any atom is 0.0317 e. The first-order valence-corrected chi connectivity index (χ1v) is 6.36. The van der Waals surface area contributed by atoms with Gasteiger partial charge < -0.3 is 10.6 Å². The normalized spacial score (nSPS) is 42.4. The summed E-state index contributed by atoms with van der Waals surface area (Å²) in [5.74, 6) is 3.18. The highest BCUT2D eigenvalue weighted by Gasteiger charge is 2.35. The molecule has 1 aliphatic heterocycles. The molecule has 2 heteroatoms. The molecule has 2 bridgehead atoms. The van der Waals surface area contributed by atoms with Crippen LogP contribution in [-0.2, 0) is 0 Å². The maximum atomic E-state index is 3.71. The van der Waals surface area contributed by atoms with Crippen molar-refractivity contribution in [2.24, 2.45) is 17.8 Å². The lowest BCUT2D eigenvalue weighted by Gasteiger charge is -2.43. The summed E-state index contributed by atoms with van der Waals surface area (Å²) < 4.78 is 0. The van der Waals surface area contributed by atoms with Crippen LogP contribution in [0.2, 0.25) is 0 Å². The summed E-state index contributed by atoms with van der Waals surface area (Å²) in [6.07, 6.45) is 7.65. The number of rotatable bonds is 3. The average Bonchev–Trinajstić information content (AvgIpc) is 2.17. The van der Waals surface area contributed by atoms with Crippen molar-refractivity contribution in [2.45, 2.75) is 38.1 Å². The molecular formula is C12H22N2. The second-order valence-corrected chi connectivity index (χ2v) is 5.54. The van der Waals surface area contributed by atoms with Crippen molar-refractivity contribution >= 4 is 0 Å². The zero-order valence-electron chi connectivity index (χ0n) is 8.97. The molecule has 4 rings (SSSR count). The van der Waals surface area contributed by atoms with Crippen LogP contribution in [0.1, 0.15) is 32.1 Å².